The van der Waals surface area contributed by atoms with Crippen LogP contribution in [0.1, 0.15) is 48.6 Å². The lowest BCUT2D eigenvalue weighted by molar-refractivity contribution is 0.0171. The SMILES string of the molecule is CN(C)S(=O)(=O)NCC(COC1CCC(c2cccc(F)c2)CC1)c1cccc2c1nnn2C. The van der Waals surface area contributed by atoms with Crippen LogP contribution < -0.4 is 4.72 Å². The van der Waals surface area contributed by atoms with Gasteiger partial charge in [0.2, 0.25) is 0 Å². The molecule has 1 saturated carbocycles. The summed E-state index contributed by atoms with van der Waals surface area (Å²) >= 11 is 0. The molecular formula is C24H32FN5O3S. The quantitative estimate of drug-likeness (QED) is 0.498. The second-order valence-corrected chi connectivity index (χ2v) is 11.1. The average molecular weight is 490 g/mol. The predicted molar refractivity (Wildman–Crippen MR) is 129 cm³/mol. The van der Waals surface area contributed by atoms with E-state index in [1.807, 2.05) is 31.3 Å². The van der Waals surface area contributed by atoms with Gasteiger partial charge in [-0.3, -0.25) is 0 Å². The third kappa shape index (κ3) is 5.63. The summed E-state index contributed by atoms with van der Waals surface area (Å²) in [7, 11) is 1.24. The molecule has 10 heteroatoms. The highest BCUT2D eigenvalue weighted by molar-refractivity contribution is 7.87. The van der Waals surface area contributed by atoms with E-state index < -0.39 is 10.2 Å². The van der Waals surface area contributed by atoms with Crippen molar-refractivity contribution < 1.29 is 17.5 Å². The maximum Gasteiger partial charge on any atom is 0.278 e. The van der Waals surface area contributed by atoms with E-state index in [0.29, 0.717) is 12.5 Å². The number of rotatable bonds is 9. The molecule has 1 aromatic heterocycles. The lowest BCUT2D eigenvalue weighted by atomic mass is 9.82. The van der Waals surface area contributed by atoms with E-state index in [2.05, 4.69) is 15.0 Å². The second-order valence-electron chi connectivity index (χ2n) is 9.12. The van der Waals surface area contributed by atoms with Crippen LogP contribution in [0.2, 0.25) is 0 Å². The molecule has 1 aliphatic rings. The van der Waals surface area contributed by atoms with Gasteiger partial charge in [0.25, 0.3) is 10.2 Å². The Bertz CT molecular complexity index is 1220. The van der Waals surface area contributed by atoms with Crippen molar-refractivity contribution in [2.24, 2.45) is 7.05 Å². The highest BCUT2D eigenvalue weighted by atomic mass is 32.2. The van der Waals surface area contributed by atoms with Crippen molar-refractivity contribution in [3.05, 3.63) is 59.4 Å². The fourth-order valence-corrected chi connectivity index (χ4v) is 5.25. The van der Waals surface area contributed by atoms with Gasteiger partial charge >= 0.3 is 0 Å². The lowest BCUT2D eigenvalue weighted by Gasteiger charge is -2.30. The highest BCUT2D eigenvalue weighted by Gasteiger charge is 2.26. The third-order valence-electron chi connectivity index (χ3n) is 6.63. The Balaban J connectivity index is 1.44. The maximum absolute atomic E-state index is 13.6. The number of fused-ring (bicyclic) bond motifs is 1. The van der Waals surface area contributed by atoms with Gasteiger partial charge in [0.05, 0.1) is 18.2 Å². The molecule has 1 atom stereocenters. The smallest absolute Gasteiger partial charge is 0.278 e. The molecule has 0 spiro atoms. The van der Waals surface area contributed by atoms with Crippen molar-refractivity contribution in [2.75, 3.05) is 27.2 Å². The van der Waals surface area contributed by atoms with Crippen LogP contribution in [0, 0.1) is 5.82 Å². The van der Waals surface area contributed by atoms with E-state index >= 15 is 0 Å². The summed E-state index contributed by atoms with van der Waals surface area (Å²) in [6, 6.07) is 12.7. The van der Waals surface area contributed by atoms with Crippen LogP contribution in [0.3, 0.4) is 0 Å². The molecule has 0 bridgehead atoms. The molecule has 1 heterocycles. The number of nitrogens with one attached hydrogen (secondary N) is 1. The molecule has 3 aromatic rings. The topological polar surface area (TPSA) is 89.3 Å². The zero-order valence-electron chi connectivity index (χ0n) is 19.8. The van der Waals surface area contributed by atoms with Crippen LogP contribution in [0.25, 0.3) is 11.0 Å². The van der Waals surface area contributed by atoms with E-state index in [0.717, 1.165) is 52.1 Å². The Morgan fingerprint density at radius 1 is 1.18 bits per heavy atom. The number of ether oxygens (including phenoxy) is 1. The van der Waals surface area contributed by atoms with Gasteiger partial charge in [-0.05, 0) is 60.9 Å². The van der Waals surface area contributed by atoms with E-state index in [9.17, 15) is 12.8 Å². The Labute approximate surface area is 200 Å². The van der Waals surface area contributed by atoms with Gasteiger partial charge in [-0.15, -0.1) is 5.10 Å². The number of aromatic nitrogens is 3. The largest absolute Gasteiger partial charge is 0.378 e. The summed E-state index contributed by atoms with van der Waals surface area (Å²) in [5.74, 6) is -0.0836. The van der Waals surface area contributed by atoms with Crippen LogP contribution in [-0.4, -0.2) is 61.1 Å². The monoisotopic (exact) mass is 489 g/mol. The number of benzene rings is 2. The first kappa shape index (κ1) is 24.7. The molecule has 184 valence electrons. The van der Waals surface area contributed by atoms with Crippen LogP contribution in [-0.2, 0) is 22.0 Å². The van der Waals surface area contributed by atoms with Crippen LogP contribution in [0.15, 0.2) is 42.5 Å². The number of hydrogen-bond donors (Lipinski definition) is 1. The van der Waals surface area contributed by atoms with Crippen molar-refractivity contribution in [1.29, 1.82) is 0 Å². The number of aryl methyl sites for hydroxylation is 1. The number of halogens is 1. The average Bonchev–Trinajstić information content (AvgIpc) is 3.20. The predicted octanol–water partition coefficient (Wildman–Crippen LogP) is 3.33. The maximum atomic E-state index is 13.6. The number of nitrogens with zero attached hydrogens (tertiary/aromatic N) is 4. The summed E-state index contributed by atoms with van der Waals surface area (Å²) in [6.45, 7) is 0.551. The van der Waals surface area contributed by atoms with Crippen molar-refractivity contribution in [1.82, 2.24) is 24.0 Å². The zero-order valence-corrected chi connectivity index (χ0v) is 20.6. The van der Waals surface area contributed by atoms with Crippen molar-refractivity contribution in [3.8, 4) is 0 Å². The molecule has 1 aliphatic carbocycles. The molecule has 0 radical (unpaired) electrons. The summed E-state index contributed by atoms with van der Waals surface area (Å²) in [5, 5.41) is 8.42. The molecule has 0 amide bonds. The minimum absolute atomic E-state index is 0.0822. The van der Waals surface area contributed by atoms with Crippen molar-refractivity contribution in [3.63, 3.8) is 0 Å². The van der Waals surface area contributed by atoms with Gasteiger partial charge < -0.3 is 4.74 Å². The van der Waals surface area contributed by atoms with Gasteiger partial charge in [0.1, 0.15) is 11.3 Å². The normalized spacial score (nSPS) is 20.1. The standard InChI is InChI=1S/C24H32FN5O3S/c1-29(2)34(31,32)26-15-19(22-8-5-9-23-24(22)27-28-30(23)3)16-33-21-12-10-17(11-13-21)18-6-4-7-20(25)14-18/h4-9,14,17,19,21,26H,10-13,15-16H2,1-3H3. The first-order valence-corrected chi connectivity index (χ1v) is 13.0. The lowest BCUT2D eigenvalue weighted by Crippen LogP contribution is -2.39. The Kier molecular flexibility index (Phi) is 7.61. The van der Waals surface area contributed by atoms with Crippen molar-refractivity contribution in [2.45, 2.75) is 43.6 Å². The van der Waals surface area contributed by atoms with E-state index in [4.69, 9.17) is 4.74 Å². The summed E-state index contributed by atoms with van der Waals surface area (Å²) < 4.78 is 50.1. The zero-order chi connectivity index (χ0) is 24.3. The Hall–Kier alpha value is -2.40. The summed E-state index contributed by atoms with van der Waals surface area (Å²) in [4.78, 5) is 0. The Morgan fingerprint density at radius 2 is 1.91 bits per heavy atom. The van der Waals surface area contributed by atoms with Gasteiger partial charge in [0, 0.05) is 33.6 Å². The van der Waals surface area contributed by atoms with E-state index in [1.54, 1.807) is 16.8 Å². The van der Waals surface area contributed by atoms with Crippen molar-refractivity contribution >= 4 is 21.2 Å². The summed E-state index contributed by atoms with van der Waals surface area (Å²) in [5.41, 5.74) is 3.58. The van der Waals surface area contributed by atoms with Gasteiger partial charge in [-0.25, -0.2) is 13.8 Å². The van der Waals surface area contributed by atoms with Gasteiger partial charge in [0.15, 0.2) is 0 Å². The Morgan fingerprint density at radius 3 is 2.62 bits per heavy atom. The second kappa shape index (κ2) is 10.5. The third-order valence-corrected chi connectivity index (χ3v) is 8.13. The molecular weight excluding hydrogens is 457 g/mol. The minimum atomic E-state index is -3.58. The van der Waals surface area contributed by atoms with Gasteiger partial charge in [-0.1, -0.05) is 29.5 Å². The van der Waals surface area contributed by atoms with Crippen LogP contribution in [0.5, 0.6) is 0 Å². The van der Waals surface area contributed by atoms with Crippen LogP contribution in [0.4, 0.5) is 4.39 Å². The van der Waals surface area contributed by atoms with Crippen LogP contribution >= 0.6 is 0 Å². The minimum Gasteiger partial charge on any atom is -0.378 e. The van der Waals surface area contributed by atoms with Gasteiger partial charge in [-0.2, -0.15) is 12.7 Å². The first-order valence-electron chi connectivity index (χ1n) is 11.6. The van der Waals surface area contributed by atoms with E-state index in [-0.39, 0.29) is 24.4 Å². The molecule has 4 rings (SSSR count). The highest BCUT2D eigenvalue weighted by Crippen LogP contribution is 2.35. The molecule has 1 unspecified atom stereocenters. The molecule has 0 saturated heterocycles. The molecule has 8 nitrogen and oxygen atoms in total. The molecule has 1 fully saturated rings. The molecule has 1 N–H and O–H groups in total. The fraction of sp³-hybridized carbons (Fsp3) is 0.500. The fourth-order valence-electron chi connectivity index (χ4n) is 4.58. The number of hydrogen-bond acceptors (Lipinski definition) is 5. The molecule has 2 aromatic carbocycles. The molecule has 34 heavy (non-hydrogen) atoms. The summed E-state index contributed by atoms with van der Waals surface area (Å²) in [6.07, 6.45) is 3.72. The first-order chi connectivity index (χ1) is 16.2. The molecule has 0 aliphatic heterocycles. The van der Waals surface area contributed by atoms with E-state index in [1.165, 1.54) is 20.2 Å².